The van der Waals surface area contributed by atoms with E-state index in [0.717, 1.165) is 6.42 Å². The van der Waals surface area contributed by atoms with Crippen molar-refractivity contribution in [1.29, 1.82) is 0 Å². The van der Waals surface area contributed by atoms with Gasteiger partial charge in [-0.3, -0.25) is 4.79 Å². The molecule has 66 valence electrons. The average molecular weight is 159 g/mol. The molecule has 0 aliphatic heterocycles. The van der Waals surface area contributed by atoms with Gasteiger partial charge in [0.15, 0.2) is 0 Å². The Bertz CT molecular complexity index is 125. The number of carbonyl (C=O) groups excluding carboxylic acids is 1. The van der Waals surface area contributed by atoms with E-state index in [4.69, 9.17) is 11.5 Å². The van der Waals surface area contributed by atoms with Gasteiger partial charge < -0.3 is 16.4 Å². The maximum Gasteiger partial charge on any atom is 0.238 e. The van der Waals surface area contributed by atoms with Gasteiger partial charge in [0.2, 0.25) is 5.91 Å². The van der Waals surface area contributed by atoms with Gasteiger partial charge in [0.05, 0.1) is 6.04 Å². The van der Waals surface area contributed by atoms with Crippen LogP contribution in [0.5, 0.6) is 0 Å². The van der Waals surface area contributed by atoms with Crippen LogP contribution in [0, 0.1) is 0 Å². The van der Waals surface area contributed by atoms with Gasteiger partial charge in [-0.05, 0) is 19.4 Å². The van der Waals surface area contributed by atoms with Crippen molar-refractivity contribution in [1.82, 2.24) is 4.90 Å². The number of amides is 1. The molecule has 0 heterocycles. The summed E-state index contributed by atoms with van der Waals surface area (Å²) in [5.41, 5.74) is 10.8. The van der Waals surface area contributed by atoms with Crippen LogP contribution in [0.2, 0.25) is 0 Å². The first-order chi connectivity index (χ1) is 5.09. The third-order valence-corrected chi connectivity index (χ3v) is 1.48. The Kier molecular flexibility index (Phi) is 4.81. The highest BCUT2D eigenvalue weighted by Gasteiger charge is 2.13. The second-order valence-corrected chi connectivity index (χ2v) is 2.77. The average Bonchev–Trinajstić information content (AvgIpc) is 1.98. The topological polar surface area (TPSA) is 72.3 Å². The minimum Gasteiger partial charge on any atom is -0.347 e. The minimum atomic E-state index is -0.381. The van der Waals surface area contributed by atoms with Crippen LogP contribution in [0.15, 0.2) is 0 Å². The van der Waals surface area contributed by atoms with Crippen molar-refractivity contribution in [2.45, 2.75) is 18.9 Å². The van der Waals surface area contributed by atoms with Gasteiger partial charge in [-0.2, -0.15) is 0 Å². The van der Waals surface area contributed by atoms with Crippen LogP contribution in [-0.2, 0) is 4.79 Å². The van der Waals surface area contributed by atoms with Crippen LogP contribution in [0.3, 0.4) is 0 Å². The lowest BCUT2D eigenvalue weighted by Crippen LogP contribution is -2.39. The first-order valence-corrected chi connectivity index (χ1v) is 3.76. The fraction of sp³-hybridized carbons (Fsp3) is 0.857. The van der Waals surface area contributed by atoms with Gasteiger partial charge in [-0.15, -0.1) is 0 Å². The number of nitrogens with zero attached hydrogens (tertiary/aromatic N) is 1. The summed E-state index contributed by atoms with van der Waals surface area (Å²) in [6.07, 6.45) is 1.48. The molecule has 0 aliphatic carbocycles. The van der Waals surface area contributed by atoms with Crippen LogP contribution >= 0.6 is 0 Å². The van der Waals surface area contributed by atoms with Crippen LogP contribution in [0.4, 0.5) is 0 Å². The molecule has 11 heavy (non-hydrogen) atoms. The third kappa shape index (κ3) is 3.95. The molecule has 0 fully saturated rings. The molecule has 4 nitrogen and oxygen atoms in total. The highest BCUT2D eigenvalue weighted by molar-refractivity contribution is 5.80. The van der Waals surface area contributed by atoms with Gasteiger partial charge in [0.1, 0.15) is 0 Å². The SMILES string of the molecule is CN(C)C(=O)[C@@H](N)CCCN. The van der Waals surface area contributed by atoms with Crippen LogP contribution in [0.1, 0.15) is 12.8 Å². The lowest BCUT2D eigenvalue weighted by atomic mass is 10.1. The zero-order chi connectivity index (χ0) is 8.85. The molecule has 0 aromatic carbocycles. The van der Waals surface area contributed by atoms with Gasteiger partial charge in [-0.1, -0.05) is 0 Å². The Morgan fingerprint density at radius 2 is 2.09 bits per heavy atom. The highest BCUT2D eigenvalue weighted by atomic mass is 16.2. The van der Waals surface area contributed by atoms with Crippen molar-refractivity contribution < 1.29 is 4.79 Å². The number of likely N-dealkylation sites (N-methyl/N-ethyl adjacent to an activating group) is 1. The fourth-order valence-electron chi connectivity index (χ4n) is 0.793. The second kappa shape index (κ2) is 5.09. The number of nitrogens with two attached hydrogens (primary N) is 2. The van der Waals surface area contributed by atoms with Crippen molar-refractivity contribution in [2.24, 2.45) is 11.5 Å². The molecule has 0 aromatic rings. The molecule has 4 N–H and O–H groups in total. The molecule has 4 heteroatoms. The van der Waals surface area contributed by atoms with Crippen molar-refractivity contribution >= 4 is 5.91 Å². The van der Waals surface area contributed by atoms with Crippen molar-refractivity contribution in [3.05, 3.63) is 0 Å². The van der Waals surface area contributed by atoms with Crippen LogP contribution in [-0.4, -0.2) is 37.5 Å². The summed E-state index contributed by atoms with van der Waals surface area (Å²) in [7, 11) is 3.40. The molecule has 0 aliphatic rings. The molecule has 0 saturated heterocycles. The zero-order valence-corrected chi connectivity index (χ0v) is 7.21. The Balaban J connectivity index is 3.64. The second-order valence-electron chi connectivity index (χ2n) is 2.77. The maximum atomic E-state index is 11.1. The molecule has 1 amide bonds. The number of hydrogen-bond acceptors (Lipinski definition) is 3. The van der Waals surface area contributed by atoms with Crippen molar-refractivity contribution in [2.75, 3.05) is 20.6 Å². The van der Waals surface area contributed by atoms with Gasteiger partial charge in [-0.25, -0.2) is 0 Å². The third-order valence-electron chi connectivity index (χ3n) is 1.48. The summed E-state index contributed by atoms with van der Waals surface area (Å²) in [5.74, 6) is -0.0292. The summed E-state index contributed by atoms with van der Waals surface area (Å²) in [6.45, 7) is 0.592. The predicted molar refractivity (Wildman–Crippen MR) is 45.0 cm³/mol. The summed E-state index contributed by atoms with van der Waals surface area (Å²) < 4.78 is 0. The lowest BCUT2D eigenvalue weighted by molar-refractivity contribution is -0.130. The van der Waals surface area contributed by atoms with E-state index in [1.807, 2.05) is 0 Å². The van der Waals surface area contributed by atoms with E-state index in [9.17, 15) is 4.79 Å². The smallest absolute Gasteiger partial charge is 0.238 e. The van der Waals surface area contributed by atoms with E-state index < -0.39 is 0 Å². The summed E-state index contributed by atoms with van der Waals surface area (Å²) in [6, 6.07) is -0.381. The first-order valence-electron chi connectivity index (χ1n) is 3.76. The molecule has 0 radical (unpaired) electrons. The van der Waals surface area contributed by atoms with Crippen LogP contribution in [0.25, 0.3) is 0 Å². The number of carbonyl (C=O) groups is 1. The van der Waals surface area contributed by atoms with E-state index in [1.54, 1.807) is 14.1 Å². The molecule has 1 atom stereocenters. The minimum absolute atomic E-state index is 0.0292. The van der Waals surface area contributed by atoms with Crippen molar-refractivity contribution in [3.8, 4) is 0 Å². The molecule has 0 saturated carbocycles. The standard InChI is InChI=1S/C7H17N3O/c1-10(2)7(11)6(9)4-3-5-8/h6H,3-5,8-9H2,1-2H3/t6-/m0/s1. The van der Waals surface area contributed by atoms with Gasteiger partial charge >= 0.3 is 0 Å². The summed E-state index contributed by atoms with van der Waals surface area (Å²) in [4.78, 5) is 12.6. The van der Waals surface area contributed by atoms with E-state index in [1.165, 1.54) is 4.90 Å². The Hall–Kier alpha value is -0.610. The van der Waals surface area contributed by atoms with Crippen molar-refractivity contribution in [3.63, 3.8) is 0 Å². The quantitative estimate of drug-likeness (QED) is 0.560. The number of rotatable bonds is 4. The zero-order valence-electron chi connectivity index (χ0n) is 7.21. The Morgan fingerprint density at radius 1 is 1.55 bits per heavy atom. The van der Waals surface area contributed by atoms with Gasteiger partial charge in [0, 0.05) is 14.1 Å². The van der Waals surface area contributed by atoms with E-state index in [0.29, 0.717) is 13.0 Å². The molecule has 0 unspecified atom stereocenters. The van der Waals surface area contributed by atoms with E-state index >= 15 is 0 Å². The summed E-state index contributed by atoms with van der Waals surface area (Å²) in [5, 5.41) is 0. The Labute approximate surface area is 67.5 Å². The van der Waals surface area contributed by atoms with E-state index in [-0.39, 0.29) is 11.9 Å². The Morgan fingerprint density at radius 3 is 2.45 bits per heavy atom. The largest absolute Gasteiger partial charge is 0.347 e. The fourth-order valence-corrected chi connectivity index (χ4v) is 0.793. The van der Waals surface area contributed by atoms with Crippen LogP contribution < -0.4 is 11.5 Å². The van der Waals surface area contributed by atoms with Gasteiger partial charge in [0.25, 0.3) is 0 Å². The monoisotopic (exact) mass is 159 g/mol. The first kappa shape index (κ1) is 10.4. The molecule has 0 spiro atoms. The lowest BCUT2D eigenvalue weighted by Gasteiger charge is -2.15. The highest BCUT2D eigenvalue weighted by Crippen LogP contribution is 1.95. The normalized spacial score (nSPS) is 12.7. The molecule has 0 aromatic heterocycles. The maximum absolute atomic E-state index is 11.1. The summed E-state index contributed by atoms with van der Waals surface area (Å²) >= 11 is 0. The number of hydrogen-bond donors (Lipinski definition) is 2. The molecule has 0 bridgehead atoms. The predicted octanol–water partition coefficient (Wildman–Crippen LogP) is -0.859. The van der Waals surface area contributed by atoms with E-state index in [2.05, 4.69) is 0 Å². The molecular weight excluding hydrogens is 142 g/mol. The molecular formula is C7H17N3O. The molecule has 0 rings (SSSR count).